The number of amides is 1. The maximum absolute atomic E-state index is 13.5. The summed E-state index contributed by atoms with van der Waals surface area (Å²) in [5, 5.41) is 2.92. The van der Waals surface area contributed by atoms with Gasteiger partial charge in [-0.2, -0.15) is 0 Å². The molecule has 1 N–H and O–H groups in total. The van der Waals surface area contributed by atoms with E-state index in [1.54, 1.807) is 50.2 Å². The molecule has 3 rings (SSSR count). The number of nitrogens with zero attached hydrogens (tertiary/aromatic N) is 1. The number of furan rings is 1. The van der Waals surface area contributed by atoms with Gasteiger partial charge in [-0.05, 0) is 68.4 Å². The van der Waals surface area contributed by atoms with Gasteiger partial charge in [0, 0.05) is 0 Å². The van der Waals surface area contributed by atoms with E-state index in [-0.39, 0.29) is 22.0 Å². The monoisotopic (exact) mass is 488 g/mol. The highest BCUT2D eigenvalue weighted by molar-refractivity contribution is 7.92. The molecule has 0 saturated carbocycles. The largest absolute Gasteiger partial charge is 0.497 e. The molecule has 174 valence electrons. The van der Waals surface area contributed by atoms with Gasteiger partial charge in [0.05, 0.1) is 40.9 Å². The molecule has 0 radical (unpaired) electrons. The zero-order valence-corrected chi connectivity index (χ0v) is 20.1. The smallest absolute Gasteiger partial charge is 0.264 e. The Morgan fingerprint density at radius 3 is 2.48 bits per heavy atom. The molecule has 1 unspecified atom stereocenters. The molecule has 0 bridgehead atoms. The van der Waals surface area contributed by atoms with Crippen LogP contribution >= 0.6 is 11.6 Å². The Morgan fingerprint density at radius 1 is 1.21 bits per heavy atom. The van der Waals surface area contributed by atoms with E-state index < -0.39 is 22.0 Å². The summed E-state index contributed by atoms with van der Waals surface area (Å²) in [5.41, 5.74) is 0.472. The molecular formula is C24H25ClN2O5S. The molecule has 1 atom stereocenters. The summed E-state index contributed by atoms with van der Waals surface area (Å²) in [6.45, 7) is 7.27. The molecule has 1 aromatic heterocycles. The van der Waals surface area contributed by atoms with Gasteiger partial charge in [0.15, 0.2) is 0 Å². The standard InChI is InChI=1S/C24H25ClN2O5S/c1-5-14-27(18-7-9-19(31-4)10-8-18)33(29,30)20-11-12-22(25)21(15-20)24(28)26-17(3)23-13-6-16(2)32-23/h5-13,15,17H,1,14H2,2-4H3,(H,26,28). The minimum atomic E-state index is -4.02. The maximum Gasteiger partial charge on any atom is 0.264 e. The van der Waals surface area contributed by atoms with E-state index in [2.05, 4.69) is 11.9 Å². The molecule has 3 aromatic rings. The average Bonchev–Trinajstić information content (AvgIpc) is 3.24. The van der Waals surface area contributed by atoms with Crippen molar-refractivity contribution >= 4 is 33.2 Å². The number of sulfonamides is 1. The number of hydrogen-bond acceptors (Lipinski definition) is 5. The number of carbonyl (C=O) groups excluding carboxylic acids is 1. The zero-order valence-electron chi connectivity index (χ0n) is 18.5. The molecule has 0 aliphatic heterocycles. The van der Waals surface area contributed by atoms with E-state index in [1.807, 2.05) is 0 Å². The Morgan fingerprint density at radius 2 is 1.91 bits per heavy atom. The zero-order chi connectivity index (χ0) is 24.2. The summed E-state index contributed by atoms with van der Waals surface area (Å²) < 4.78 is 38.8. The molecular weight excluding hydrogens is 464 g/mol. The fourth-order valence-corrected chi connectivity index (χ4v) is 4.87. The van der Waals surface area contributed by atoms with Crippen LogP contribution in [0, 0.1) is 6.92 Å². The topological polar surface area (TPSA) is 88.8 Å². The van der Waals surface area contributed by atoms with Gasteiger partial charge in [-0.3, -0.25) is 9.10 Å². The van der Waals surface area contributed by atoms with Crippen LogP contribution in [0.25, 0.3) is 0 Å². The molecule has 2 aromatic carbocycles. The Bertz CT molecular complexity index is 1250. The van der Waals surface area contributed by atoms with E-state index in [9.17, 15) is 13.2 Å². The van der Waals surface area contributed by atoms with E-state index in [4.69, 9.17) is 20.8 Å². The first-order valence-corrected chi connectivity index (χ1v) is 11.9. The fourth-order valence-electron chi connectivity index (χ4n) is 3.21. The van der Waals surface area contributed by atoms with E-state index in [1.165, 1.54) is 35.7 Å². The van der Waals surface area contributed by atoms with Crippen molar-refractivity contribution in [2.45, 2.75) is 24.8 Å². The number of rotatable bonds is 9. The molecule has 1 amide bonds. The van der Waals surface area contributed by atoms with Gasteiger partial charge in [-0.15, -0.1) is 6.58 Å². The van der Waals surface area contributed by atoms with Crippen molar-refractivity contribution in [1.82, 2.24) is 5.32 Å². The summed E-state index contributed by atoms with van der Waals surface area (Å²) in [6, 6.07) is 13.8. The van der Waals surface area contributed by atoms with Crippen LogP contribution in [0.3, 0.4) is 0 Å². The third-order valence-electron chi connectivity index (χ3n) is 4.96. The minimum absolute atomic E-state index is 0.0354. The van der Waals surface area contributed by atoms with Crippen LogP contribution in [0.5, 0.6) is 5.75 Å². The second-order valence-corrected chi connectivity index (χ2v) is 9.58. The normalized spacial score (nSPS) is 12.1. The summed E-state index contributed by atoms with van der Waals surface area (Å²) in [6.07, 6.45) is 1.48. The highest BCUT2D eigenvalue weighted by Crippen LogP contribution is 2.28. The van der Waals surface area contributed by atoms with Crippen molar-refractivity contribution in [3.63, 3.8) is 0 Å². The number of benzene rings is 2. The summed E-state index contributed by atoms with van der Waals surface area (Å²) >= 11 is 6.24. The number of methoxy groups -OCH3 is 1. The van der Waals surface area contributed by atoms with Crippen LogP contribution in [-0.4, -0.2) is 28.0 Å². The van der Waals surface area contributed by atoms with Crippen LogP contribution in [0.4, 0.5) is 5.69 Å². The van der Waals surface area contributed by atoms with Crippen LogP contribution in [-0.2, 0) is 10.0 Å². The van der Waals surface area contributed by atoms with Gasteiger partial charge in [0.1, 0.15) is 17.3 Å². The van der Waals surface area contributed by atoms with Crippen LogP contribution in [0.15, 0.2) is 76.6 Å². The lowest BCUT2D eigenvalue weighted by atomic mass is 10.2. The number of aryl methyl sites for hydroxylation is 1. The summed E-state index contributed by atoms with van der Waals surface area (Å²) in [4.78, 5) is 12.8. The lowest BCUT2D eigenvalue weighted by Gasteiger charge is -2.24. The molecule has 0 spiro atoms. The number of ether oxygens (including phenoxy) is 1. The van der Waals surface area contributed by atoms with Crippen molar-refractivity contribution < 1.29 is 22.4 Å². The minimum Gasteiger partial charge on any atom is -0.497 e. The summed E-state index contributed by atoms with van der Waals surface area (Å²) in [5.74, 6) is 1.38. The van der Waals surface area contributed by atoms with Gasteiger partial charge >= 0.3 is 0 Å². The first-order valence-electron chi connectivity index (χ1n) is 10.1. The molecule has 33 heavy (non-hydrogen) atoms. The number of hydrogen-bond donors (Lipinski definition) is 1. The van der Waals surface area contributed by atoms with Crippen molar-refractivity contribution in [2.24, 2.45) is 0 Å². The fraction of sp³-hybridized carbons (Fsp3) is 0.208. The Labute approximate surface area is 198 Å². The van der Waals surface area contributed by atoms with Gasteiger partial charge < -0.3 is 14.5 Å². The van der Waals surface area contributed by atoms with Gasteiger partial charge in [-0.1, -0.05) is 17.7 Å². The predicted octanol–water partition coefficient (Wildman–Crippen LogP) is 5.12. The summed E-state index contributed by atoms with van der Waals surface area (Å²) in [7, 11) is -2.49. The molecule has 0 fully saturated rings. The lowest BCUT2D eigenvalue weighted by Crippen LogP contribution is -2.32. The van der Waals surface area contributed by atoms with Gasteiger partial charge in [0.25, 0.3) is 15.9 Å². The lowest BCUT2D eigenvalue weighted by molar-refractivity contribution is 0.0935. The number of nitrogens with one attached hydrogen (secondary N) is 1. The van der Waals surface area contributed by atoms with E-state index in [0.717, 1.165) is 5.76 Å². The first-order chi connectivity index (χ1) is 15.7. The molecule has 7 nitrogen and oxygen atoms in total. The Hall–Kier alpha value is -3.23. The number of halogens is 1. The van der Waals surface area contributed by atoms with Gasteiger partial charge in [-0.25, -0.2) is 8.42 Å². The van der Waals surface area contributed by atoms with E-state index in [0.29, 0.717) is 17.2 Å². The molecule has 0 aliphatic carbocycles. The Balaban J connectivity index is 1.93. The van der Waals surface area contributed by atoms with Crippen molar-refractivity contribution in [3.05, 3.63) is 89.4 Å². The molecule has 0 aliphatic rings. The quantitative estimate of drug-likeness (QED) is 0.422. The first kappa shape index (κ1) is 24.4. The highest BCUT2D eigenvalue weighted by Gasteiger charge is 2.26. The second kappa shape index (κ2) is 10.1. The molecule has 1 heterocycles. The van der Waals surface area contributed by atoms with Gasteiger partial charge in [0.2, 0.25) is 0 Å². The third-order valence-corrected chi connectivity index (χ3v) is 7.08. The number of carbonyl (C=O) groups is 1. The molecule has 9 heteroatoms. The van der Waals surface area contributed by atoms with Crippen LogP contribution in [0.2, 0.25) is 5.02 Å². The van der Waals surface area contributed by atoms with E-state index >= 15 is 0 Å². The highest BCUT2D eigenvalue weighted by atomic mass is 35.5. The predicted molar refractivity (Wildman–Crippen MR) is 129 cm³/mol. The second-order valence-electron chi connectivity index (χ2n) is 7.31. The average molecular weight is 489 g/mol. The third kappa shape index (κ3) is 5.40. The Kier molecular flexibility index (Phi) is 7.50. The van der Waals surface area contributed by atoms with Crippen LogP contribution < -0.4 is 14.4 Å². The van der Waals surface area contributed by atoms with Crippen molar-refractivity contribution in [2.75, 3.05) is 18.0 Å². The maximum atomic E-state index is 13.5. The van der Waals surface area contributed by atoms with Crippen molar-refractivity contribution in [3.8, 4) is 5.75 Å². The SMILES string of the molecule is C=CCN(c1ccc(OC)cc1)S(=O)(=O)c1ccc(Cl)c(C(=O)NC(C)c2ccc(C)o2)c1. The molecule has 0 saturated heterocycles. The van der Waals surface area contributed by atoms with Crippen molar-refractivity contribution in [1.29, 1.82) is 0 Å². The number of anilines is 1. The van der Waals surface area contributed by atoms with Crippen LogP contribution in [0.1, 0.15) is 34.8 Å².